The highest BCUT2D eigenvalue weighted by atomic mass is 16.5. The maximum atomic E-state index is 11.3. The number of pyridine rings is 1. The van der Waals surface area contributed by atoms with Crippen molar-refractivity contribution >= 4 is 11.8 Å². The fourth-order valence-electron chi connectivity index (χ4n) is 1.53. The van der Waals surface area contributed by atoms with Gasteiger partial charge in [-0.1, -0.05) is 6.07 Å². The molecule has 6 nitrogen and oxygen atoms in total. The first kappa shape index (κ1) is 12.9. The minimum Gasteiger partial charge on any atom is -0.464 e. The van der Waals surface area contributed by atoms with Gasteiger partial charge in [-0.05, 0) is 19.1 Å². The molecule has 0 saturated carbocycles. The van der Waals surface area contributed by atoms with Crippen LogP contribution in [0.1, 0.15) is 21.9 Å². The number of nitrogens with one attached hydrogen (secondary N) is 1. The van der Waals surface area contributed by atoms with Gasteiger partial charge in [0.15, 0.2) is 5.69 Å². The zero-order valence-corrected chi connectivity index (χ0v) is 10.8. The van der Waals surface area contributed by atoms with Gasteiger partial charge in [0.25, 0.3) is 0 Å². The monoisotopic (exact) mass is 258 g/mol. The molecule has 2 aromatic rings. The molecule has 0 fully saturated rings. The molecule has 0 aromatic carbocycles. The summed E-state index contributed by atoms with van der Waals surface area (Å²) >= 11 is 0. The van der Waals surface area contributed by atoms with Crippen molar-refractivity contribution in [1.82, 2.24) is 15.0 Å². The van der Waals surface area contributed by atoms with Gasteiger partial charge in [0.1, 0.15) is 5.82 Å². The Balaban J connectivity index is 2.05. The highest BCUT2D eigenvalue weighted by Gasteiger charge is 2.08. The van der Waals surface area contributed by atoms with Gasteiger partial charge in [-0.3, -0.25) is 9.97 Å². The second-order valence-corrected chi connectivity index (χ2v) is 3.90. The number of nitrogens with zero attached hydrogens (tertiary/aromatic N) is 3. The molecule has 0 bridgehead atoms. The Morgan fingerprint density at radius 3 is 2.89 bits per heavy atom. The molecular weight excluding hydrogens is 244 g/mol. The number of carbonyl (C=O) groups is 1. The van der Waals surface area contributed by atoms with E-state index in [-0.39, 0.29) is 5.69 Å². The highest BCUT2D eigenvalue weighted by molar-refractivity contribution is 5.87. The topological polar surface area (TPSA) is 77.0 Å². The predicted molar refractivity (Wildman–Crippen MR) is 69.7 cm³/mol. The standard InChI is InChI=1S/C13H14N4O2/c1-9-4-3-5-10(16-9)6-15-12-8-14-7-11(17-12)13(18)19-2/h3-5,7-8H,6H2,1-2H3,(H,15,17). The molecule has 0 radical (unpaired) electrons. The number of aryl methyl sites for hydroxylation is 1. The fraction of sp³-hybridized carbons (Fsp3) is 0.231. The molecule has 2 heterocycles. The van der Waals surface area contributed by atoms with Gasteiger partial charge in [0.05, 0.1) is 31.7 Å². The van der Waals surface area contributed by atoms with Gasteiger partial charge in [0, 0.05) is 5.69 Å². The zero-order chi connectivity index (χ0) is 13.7. The minimum atomic E-state index is -0.509. The van der Waals surface area contributed by atoms with Crippen LogP contribution in [0, 0.1) is 6.92 Å². The number of aromatic nitrogens is 3. The third kappa shape index (κ3) is 3.48. The lowest BCUT2D eigenvalue weighted by molar-refractivity contribution is 0.0593. The van der Waals surface area contributed by atoms with Crippen LogP contribution in [0.3, 0.4) is 0 Å². The molecule has 1 N–H and O–H groups in total. The average molecular weight is 258 g/mol. The molecule has 19 heavy (non-hydrogen) atoms. The summed E-state index contributed by atoms with van der Waals surface area (Å²) < 4.78 is 4.59. The van der Waals surface area contributed by atoms with Gasteiger partial charge < -0.3 is 10.1 Å². The summed E-state index contributed by atoms with van der Waals surface area (Å²) in [7, 11) is 1.31. The summed E-state index contributed by atoms with van der Waals surface area (Å²) in [4.78, 5) is 23.7. The lowest BCUT2D eigenvalue weighted by Gasteiger charge is -2.06. The van der Waals surface area contributed by atoms with Crippen molar-refractivity contribution < 1.29 is 9.53 Å². The number of hydrogen-bond acceptors (Lipinski definition) is 6. The molecule has 0 aliphatic heterocycles. The Kier molecular flexibility index (Phi) is 4.02. The summed E-state index contributed by atoms with van der Waals surface area (Å²) in [6, 6.07) is 5.79. The third-order valence-corrected chi connectivity index (χ3v) is 2.43. The van der Waals surface area contributed by atoms with E-state index >= 15 is 0 Å². The average Bonchev–Trinajstić information content (AvgIpc) is 2.45. The summed E-state index contributed by atoms with van der Waals surface area (Å²) in [5.74, 6) is -0.00367. The van der Waals surface area contributed by atoms with Gasteiger partial charge in [-0.15, -0.1) is 0 Å². The molecule has 6 heteroatoms. The van der Waals surface area contributed by atoms with Crippen LogP contribution in [-0.2, 0) is 11.3 Å². The Morgan fingerprint density at radius 1 is 1.32 bits per heavy atom. The molecule has 0 saturated heterocycles. The van der Waals surface area contributed by atoms with Crippen molar-refractivity contribution in [3.8, 4) is 0 Å². The van der Waals surface area contributed by atoms with E-state index in [1.165, 1.54) is 13.3 Å². The minimum absolute atomic E-state index is 0.171. The van der Waals surface area contributed by atoms with Crippen molar-refractivity contribution in [2.75, 3.05) is 12.4 Å². The van der Waals surface area contributed by atoms with Crippen LogP contribution < -0.4 is 5.32 Å². The Labute approximate surface area is 110 Å². The number of esters is 1. The van der Waals surface area contributed by atoms with Crippen LogP contribution >= 0.6 is 0 Å². The lowest BCUT2D eigenvalue weighted by Crippen LogP contribution is -2.09. The first-order valence-corrected chi connectivity index (χ1v) is 5.76. The van der Waals surface area contributed by atoms with Crippen LogP contribution in [-0.4, -0.2) is 28.0 Å². The van der Waals surface area contributed by atoms with E-state index in [0.29, 0.717) is 12.4 Å². The Morgan fingerprint density at radius 2 is 2.16 bits per heavy atom. The molecule has 2 rings (SSSR count). The molecular formula is C13H14N4O2. The van der Waals surface area contributed by atoms with E-state index in [4.69, 9.17) is 0 Å². The van der Waals surface area contributed by atoms with Gasteiger partial charge in [-0.2, -0.15) is 0 Å². The number of hydrogen-bond donors (Lipinski definition) is 1. The molecule has 0 aliphatic carbocycles. The predicted octanol–water partition coefficient (Wildman–Crippen LogP) is 1.58. The number of rotatable bonds is 4. The van der Waals surface area contributed by atoms with Crippen molar-refractivity contribution in [3.05, 3.63) is 47.7 Å². The number of ether oxygens (including phenoxy) is 1. The Bertz CT molecular complexity index is 586. The van der Waals surface area contributed by atoms with Crippen LogP contribution in [0.25, 0.3) is 0 Å². The number of methoxy groups -OCH3 is 1. The molecule has 2 aromatic heterocycles. The lowest BCUT2D eigenvalue weighted by atomic mass is 10.3. The molecule has 98 valence electrons. The Hall–Kier alpha value is -2.50. The van der Waals surface area contributed by atoms with Crippen LogP contribution in [0.2, 0.25) is 0 Å². The van der Waals surface area contributed by atoms with E-state index in [0.717, 1.165) is 11.4 Å². The molecule has 0 aliphatic rings. The second kappa shape index (κ2) is 5.90. The fourth-order valence-corrected chi connectivity index (χ4v) is 1.53. The van der Waals surface area contributed by atoms with Crippen LogP contribution in [0.15, 0.2) is 30.6 Å². The van der Waals surface area contributed by atoms with Crippen LogP contribution in [0.5, 0.6) is 0 Å². The third-order valence-electron chi connectivity index (χ3n) is 2.43. The smallest absolute Gasteiger partial charge is 0.358 e. The number of anilines is 1. The second-order valence-electron chi connectivity index (χ2n) is 3.90. The maximum absolute atomic E-state index is 11.3. The zero-order valence-electron chi connectivity index (χ0n) is 10.8. The summed E-state index contributed by atoms with van der Waals surface area (Å²) in [5, 5.41) is 3.06. The maximum Gasteiger partial charge on any atom is 0.358 e. The van der Waals surface area contributed by atoms with E-state index in [2.05, 4.69) is 25.0 Å². The first-order valence-electron chi connectivity index (χ1n) is 5.76. The normalized spacial score (nSPS) is 10.0. The van der Waals surface area contributed by atoms with E-state index in [1.54, 1.807) is 6.20 Å². The van der Waals surface area contributed by atoms with E-state index in [9.17, 15) is 4.79 Å². The van der Waals surface area contributed by atoms with E-state index < -0.39 is 5.97 Å². The van der Waals surface area contributed by atoms with E-state index in [1.807, 2.05) is 25.1 Å². The molecule has 0 atom stereocenters. The highest BCUT2D eigenvalue weighted by Crippen LogP contribution is 2.06. The van der Waals surface area contributed by atoms with Gasteiger partial charge in [0.2, 0.25) is 0 Å². The van der Waals surface area contributed by atoms with Gasteiger partial charge >= 0.3 is 5.97 Å². The molecule has 0 amide bonds. The van der Waals surface area contributed by atoms with Crippen LogP contribution in [0.4, 0.5) is 5.82 Å². The SMILES string of the molecule is COC(=O)c1cncc(NCc2cccc(C)n2)n1. The summed E-state index contributed by atoms with van der Waals surface area (Å²) in [6.07, 6.45) is 2.91. The van der Waals surface area contributed by atoms with Crippen molar-refractivity contribution in [2.45, 2.75) is 13.5 Å². The van der Waals surface area contributed by atoms with Crippen molar-refractivity contribution in [3.63, 3.8) is 0 Å². The largest absolute Gasteiger partial charge is 0.464 e. The molecule has 0 spiro atoms. The summed E-state index contributed by atoms with van der Waals surface area (Å²) in [5.41, 5.74) is 2.02. The summed E-state index contributed by atoms with van der Waals surface area (Å²) in [6.45, 7) is 2.45. The first-order chi connectivity index (χ1) is 9.19. The number of carbonyl (C=O) groups excluding carboxylic acids is 1. The quantitative estimate of drug-likeness (QED) is 0.839. The van der Waals surface area contributed by atoms with Crippen molar-refractivity contribution in [2.24, 2.45) is 0 Å². The molecule has 0 unspecified atom stereocenters. The van der Waals surface area contributed by atoms with Gasteiger partial charge in [-0.25, -0.2) is 9.78 Å². The van der Waals surface area contributed by atoms with Crippen molar-refractivity contribution in [1.29, 1.82) is 0 Å².